The summed E-state index contributed by atoms with van der Waals surface area (Å²) in [6, 6.07) is 18.3. The minimum Gasteiger partial charge on any atom is -0.321 e. The molecule has 1 heterocycles. The van der Waals surface area contributed by atoms with E-state index in [0.29, 0.717) is 6.67 Å². The molecule has 1 aliphatic rings. The van der Waals surface area contributed by atoms with Crippen LogP contribution in [0.1, 0.15) is 118 Å². The first-order chi connectivity index (χ1) is 19.2. The summed E-state index contributed by atoms with van der Waals surface area (Å²) >= 11 is 0. The molecule has 0 fully saturated rings. The van der Waals surface area contributed by atoms with E-state index < -0.39 is 0 Å². The van der Waals surface area contributed by atoms with Crippen LogP contribution in [0.4, 0.5) is 11.4 Å². The Hall–Kier alpha value is -3.14. The molecular weight excluding hydrogens is 512 g/mol. The molecule has 0 unspecified atom stereocenters. The highest BCUT2D eigenvalue weighted by Gasteiger charge is 2.29. The first-order valence-electron chi connectivity index (χ1n) is 15.6. The van der Waals surface area contributed by atoms with E-state index >= 15 is 0 Å². The molecule has 2 aromatic carbocycles. The molecule has 3 aromatic rings. The lowest BCUT2D eigenvalue weighted by atomic mass is 9.72. The fraction of sp³-hybridized carbons (Fsp3) is 0.526. The second-order valence-electron chi connectivity index (χ2n) is 16.8. The van der Waals surface area contributed by atoms with Gasteiger partial charge in [-0.2, -0.15) is 0 Å². The Labute approximate surface area is 255 Å². The highest BCUT2D eigenvalue weighted by Crippen LogP contribution is 2.39. The third kappa shape index (κ3) is 7.82. The first-order valence-corrected chi connectivity index (χ1v) is 15.6. The largest absolute Gasteiger partial charge is 0.321 e. The average molecular weight is 567 g/mol. The summed E-state index contributed by atoms with van der Waals surface area (Å²) in [6.07, 6.45) is 10.9. The minimum atomic E-state index is -0.0173. The molecule has 0 saturated carbocycles. The van der Waals surface area contributed by atoms with Crippen molar-refractivity contribution in [2.75, 3.05) is 4.90 Å². The van der Waals surface area contributed by atoms with Gasteiger partial charge >= 0.3 is 0 Å². The molecular formula is C38H54N4. The van der Waals surface area contributed by atoms with Crippen LogP contribution in [-0.4, -0.2) is 15.0 Å². The van der Waals surface area contributed by atoms with Gasteiger partial charge in [0.15, 0.2) is 0 Å². The molecule has 0 atom stereocenters. The SMILES string of the molecule is CC1(C)C=Cc2nnn(CN(c3ccc(C(C)(C)CC(C)(C)C)cc3)c3ccc(C(C)(C)CC(C)(C)C)cc3)c2C=C1. The minimum absolute atomic E-state index is 0.0173. The standard InChI is InChI=1S/C38H54N4/c1-34(2,3)25-37(9,10)28-13-17-30(18-14-28)41(27-42-33-22-24-36(7,8)23-21-32(33)39-40-42)31-19-15-29(16-20-31)38(11,12)26-35(4,5)6/h13-24H,25-27H2,1-12H3. The van der Waals surface area contributed by atoms with Crippen LogP contribution in [0, 0.1) is 16.2 Å². The number of nitrogens with zero attached hydrogens (tertiary/aromatic N) is 4. The maximum Gasteiger partial charge on any atom is 0.119 e. The van der Waals surface area contributed by atoms with Crippen LogP contribution in [0.3, 0.4) is 0 Å². The number of fused-ring (bicyclic) bond motifs is 1. The molecule has 1 aliphatic carbocycles. The molecule has 4 heteroatoms. The predicted molar refractivity (Wildman–Crippen MR) is 181 cm³/mol. The zero-order valence-corrected chi connectivity index (χ0v) is 28.3. The van der Waals surface area contributed by atoms with Crippen LogP contribution in [0.15, 0.2) is 60.7 Å². The Bertz CT molecular complexity index is 1340. The Morgan fingerprint density at radius 2 is 1.07 bits per heavy atom. The molecule has 0 saturated heterocycles. The normalized spacial score (nSPS) is 15.4. The lowest BCUT2D eigenvalue weighted by Gasteiger charge is -2.34. The van der Waals surface area contributed by atoms with Gasteiger partial charge in [-0.3, -0.25) is 0 Å². The molecule has 226 valence electrons. The van der Waals surface area contributed by atoms with Gasteiger partial charge in [-0.1, -0.05) is 125 Å². The first kappa shape index (κ1) is 31.8. The van der Waals surface area contributed by atoms with Crippen LogP contribution >= 0.6 is 0 Å². The molecule has 0 bridgehead atoms. The van der Waals surface area contributed by atoms with Gasteiger partial charge in [-0.15, -0.1) is 5.10 Å². The summed E-state index contributed by atoms with van der Waals surface area (Å²) in [5, 5.41) is 9.13. The topological polar surface area (TPSA) is 34.0 Å². The zero-order chi connectivity index (χ0) is 31.1. The molecule has 42 heavy (non-hydrogen) atoms. The monoisotopic (exact) mass is 566 g/mol. The quantitative estimate of drug-likeness (QED) is 0.272. The summed E-state index contributed by atoms with van der Waals surface area (Å²) in [5.41, 5.74) is 7.66. The van der Waals surface area contributed by atoms with Gasteiger partial charge in [-0.05, 0) is 82.0 Å². The van der Waals surface area contributed by atoms with E-state index in [1.54, 1.807) is 0 Å². The van der Waals surface area contributed by atoms with Crippen LogP contribution in [0.5, 0.6) is 0 Å². The Kier molecular flexibility index (Phi) is 8.45. The van der Waals surface area contributed by atoms with Gasteiger partial charge in [-0.25, -0.2) is 4.68 Å². The number of benzene rings is 2. The maximum atomic E-state index is 4.59. The van der Waals surface area contributed by atoms with Crippen LogP contribution in [0.2, 0.25) is 0 Å². The lowest BCUT2D eigenvalue weighted by molar-refractivity contribution is 0.283. The van der Waals surface area contributed by atoms with E-state index in [2.05, 4.69) is 171 Å². The van der Waals surface area contributed by atoms with Gasteiger partial charge in [0.1, 0.15) is 12.4 Å². The average Bonchev–Trinajstić information content (AvgIpc) is 3.16. The zero-order valence-electron chi connectivity index (χ0n) is 28.3. The van der Waals surface area contributed by atoms with Crippen LogP contribution in [0.25, 0.3) is 12.2 Å². The Morgan fingerprint density at radius 1 is 0.643 bits per heavy atom. The fourth-order valence-electron chi connectivity index (χ4n) is 6.86. The predicted octanol–water partition coefficient (Wildman–Crippen LogP) is 10.6. The van der Waals surface area contributed by atoms with E-state index in [1.807, 2.05) is 4.68 Å². The molecule has 1 aromatic heterocycles. The van der Waals surface area contributed by atoms with E-state index in [0.717, 1.165) is 35.6 Å². The van der Waals surface area contributed by atoms with Crippen molar-refractivity contribution in [3.05, 3.63) is 83.2 Å². The van der Waals surface area contributed by atoms with Crippen LogP contribution < -0.4 is 4.90 Å². The van der Waals surface area contributed by atoms with Crippen molar-refractivity contribution in [3.8, 4) is 0 Å². The highest BCUT2D eigenvalue weighted by atomic mass is 15.5. The van der Waals surface area contributed by atoms with Gasteiger partial charge in [0.25, 0.3) is 0 Å². The number of hydrogen-bond donors (Lipinski definition) is 0. The smallest absolute Gasteiger partial charge is 0.119 e. The number of aromatic nitrogens is 3. The molecule has 0 aliphatic heterocycles. The van der Waals surface area contributed by atoms with E-state index in [4.69, 9.17) is 0 Å². The fourth-order valence-corrected chi connectivity index (χ4v) is 6.86. The van der Waals surface area contributed by atoms with Crippen molar-refractivity contribution in [2.24, 2.45) is 16.2 Å². The molecule has 0 radical (unpaired) electrons. The Balaban J connectivity index is 1.72. The van der Waals surface area contributed by atoms with Crippen molar-refractivity contribution in [3.63, 3.8) is 0 Å². The molecule has 0 amide bonds. The summed E-state index contributed by atoms with van der Waals surface area (Å²) in [4.78, 5) is 2.35. The van der Waals surface area contributed by atoms with Crippen molar-refractivity contribution in [1.82, 2.24) is 15.0 Å². The Morgan fingerprint density at radius 3 is 1.50 bits per heavy atom. The van der Waals surface area contributed by atoms with Crippen molar-refractivity contribution < 1.29 is 0 Å². The number of hydrogen-bond acceptors (Lipinski definition) is 3. The van der Waals surface area contributed by atoms with E-state index in [9.17, 15) is 0 Å². The third-order valence-corrected chi connectivity index (χ3v) is 8.28. The highest BCUT2D eigenvalue weighted by molar-refractivity contribution is 5.66. The van der Waals surface area contributed by atoms with Gasteiger partial charge in [0.05, 0.1) is 5.69 Å². The molecule has 4 nitrogen and oxygen atoms in total. The van der Waals surface area contributed by atoms with Crippen molar-refractivity contribution in [1.29, 1.82) is 0 Å². The van der Waals surface area contributed by atoms with Gasteiger partial charge < -0.3 is 4.90 Å². The molecule has 0 spiro atoms. The lowest BCUT2D eigenvalue weighted by Crippen LogP contribution is -2.26. The second-order valence-corrected chi connectivity index (χ2v) is 16.8. The van der Waals surface area contributed by atoms with Gasteiger partial charge in [0, 0.05) is 16.8 Å². The summed E-state index contributed by atoms with van der Waals surface area (Å²) in [7, 11) is 0. The number of anilines is 2. The number of allylic oxidation sites excluding steroid dienone is 2. The summed E-state index contributed by atoms with van der Waals surface area (Å²) in [5.74, 6) is 0. The molecule has 4 rings (SSSR count). The van der Waals surface area contributed by atoms with Crippen LogP contribution in [-0.2, 0) is 17.5 Å². The maximum absolute atomic E-state index is 4.59. The van der Waals surface area contributed by atoms with Crippen molar-refractivity contribution in [2.45, 2.75) is 113 Å². The van der Waals surface area contributed by atoms with Crippen molar-refractivity contribution >= 4 is 23.5 Å². The second kappa shape index (κ2) is 11.2. The van der Waals surface area contributed by atoms with E-state index in [-0.39, 0.29) is 27.1 Å². The molecule has 0 N–H and O–H groups in total. The number of rotatable bonds is 8. The van der Waals surface area contributed by atoms with E-state index in [1.165, 1.54) is 11.1 Å². The third-order valence-electron chi connectivity index (χ3n) is 8.28. The summed E-state index contributed by atoms with van der Waals surface area (Å²) < 4.78 is 2.02. The summed E-state index contributed by atoms with van der Waals surface area (Å²) in [6.45, 7) is 28.3. The van der Waals surface area contributed by atoms with Gasteiger partial charge in [0.2, 0.25) is 0 Å².